The van der Waals surface area contributed by atoms with Crippen LogP contribution < -0.4 is 16.9 Å². The molecular formula is C3H8N4O2. The van der Waals surface area contributed by atoms with Crippen LogP contribution in [0.3, 0.4) is 0 Å². The van der Waals surface area contributed by atoms with Crippen molar-refractivity contribution >= 4 is 12.1 Å². The van der Waals surface area contributed by atoms with Crippen molar-refractivity contribution < 1.29 is 9.53 Å². The summed E-state index contributed by atoms with van der Waals surface area (Å²) in [4.78, 5) is 10.2. The van der Waals surface area contributed by atoms with Crippen LogP contribution in [0, 0.1) is 0 Å². The third kappa shape index (κ3) is 3.15. The summed E-state index contributed by atoms with van der Waals surface area (Å²) in [5, 5.41) is 4.98. The second kappa shape index (κ2) is 3.53. The number of methoxy groups -OCH3 is 1. The molecule has 9 heavy (non-hydrogen) atoms. The first-order valence-electron chi connectivity index (χ1n) is 2.09. The number of hydrogen-bond donors (Lipinski definition) is 3. The van der Waals surface area contributed by atoms with Gasteiger partial charge in [-0.25, -0.2) is 4.79 Å². The molecule has 0 aromatic heterocycles. The SMILES string of the molecule is COC(=O)NC(N)=NN. The Hall–Kier alpha value is -1.46. The molecule has 0 spiro atoms. The van der Waals surface area contributed by atoms with Gasteiger partial charge in [-0.15, -0.1) is 5.10 Å². The van der Waals surface area contributed by atoms with Gasteiger partial charge in [-0.05, 0) is 0 Å². The number of amides is 1. The first kappa shape index (κ1) is 7.54. The first-order valence-corrected chi connectivity index (χ1v) is 2.09. The summed E-state index contributed by atoms with van der Waals surface area (Å²) in [6.45, 7) is 0. The molecule has 6 nitrogen and oxygen atoms in total. The molecule has 0 saturated heterocycles. The molecule has 0 aromatic carbocycles. The highest BCUT2D eigenvalue weighted by Gasteiger charge is 1.97. The number of carbonyl (C=O) groups is 1. The average molecular weight is 132 g/mol. The van der Waals surface area contributed by atoms with Gasteiger partial charge in [0.05, 0.1) is 7.11 Å². The number of carbonyl (C=O) groups excluding carboxylic acids is 1. The minimum Gasteiger partial charge on any atom is -0.453 e. The second-order valence-corrected chi connectivity index (χ2v) is 1.13. The Morgan fingerprint density at radius 3 is 2.67 bits per heavy atom. The van der Waals surface area contributed by atoms with Crippen LogP contribution in [0.15, 0.2) is 5.10 Å². The maximum Gasteiger partial charge on any atom is 0.413 e. The summed E-state index contributed by atoms with van der Waals surface area (Å²) in [5.74, 6) is 4.49. The Bertz CT molecular complexity index is 132. The van der Waals surface area contributed by atoms with Gasteiger partial charge in [0.2, 0.25) is 5.96 Å². The Morgan fingerprint density at radius 1 is 1.78 bits per heavy atom. The van der Waals surface area contributed by atoms with E-state index in [1.807, 2.05) is 5.32 Å². The van der Waals surface area contributed by atoms with Crippen molar-refractivity contribution in [2.24, 2.45) is 16.7 Å². The van der Waals surface area contributed by atoms with Gasteiger partial charge >= 0.3 is 6.09 Å². The molecule has 0 radical (unpaired) electrons. The molecule has 0 fully saturated rings. The molecule has 0 unspecified atom stereocenters. The molecule has 6 heteroatoms. The topological polar surface area (TPSA) is 103 Å². The molecular weight excluding hydrogens is 124 g/mol. The maximum atomic E-state index is 10.2. The van der Waals surface area contributed by atoms with Crippen molar-refractivity contribution in [3.8, 4) is 0 Å². The highest BCUT2D eigenvalue weighted by Crippen LogP contribution is 1.67. The summed E-state index contributed by atoms with van der Waals surface area (Å²) in [6.07, 6.45) is -0.693. The van der Waals surface area contributed by atoms with Gasteiger partial charge in [-0.3, -0.25) is 5.32 Å². The zero-order chi connectivity index (χ0) is 7.28. The summed E-state index contributed by atoms with van der Waals surface area (Å²) in [6, 6.07) is 0. The molecule has 52 valence electrons. The molecule has 0 bridgehead atoms. The first-order chi connectivity index (χ1) is 4.20. The van der Waals surface area contributed by atoms with Gasteiger partial charge in [0, 0.05) is 0 Å². The highest BCUT2D eigenvalue weighted by atomic mass is 16.5. The lowest BCUT2D eigenvalue weighted by Crippen LogP contribution is -2.37. The van der Waals surface area contributed by atoms with E-state index in [-0.39, 0.29) is 5.96 Å². The lowest BCUT2D eigenvalue weighted by molar-refractivity contribution is 0.176. The van der Waals surface area contributed by atoms with E-state index in [9.17, 15) is 4.79 Å². The number of hydrogen-bond acceptors (Lipinski definition) is 4. The van der Waals surface area contributed by atoms with Crippen LogP contribution in [-0.2, 0) is 4.74 Å². The van der Waals surface area contributed by atoms with Gasteiger partial charge in [-0.1, -0.05) is 0 Å². The van der Waals surface area contributed by atoms with E-state index in [4.69, 9.17) is 5.73 Å². The predicted octanol–water partition coefficient (Wildman–Crippen LogP) is -1.47. The Morgan fingerprint density at radius 2 is 2.33 bits per heavy atom. The van der Waals surface area contributed by atoms with Gasteiger partial charge in [0.25, 0.3) is 0 Å². The van der Waals surface area contributed by atoms with E-state index in [1.54, 1.807) is 0 Å². The van der Waals surface area contributed by atoms with Crippen LogP contribution in [0.25, 0.3) is 0 Å². The predicted molar refractivity (Wildman–Crippen MR) is 31.4 cm³/mol. The number of nitrogens with two attached hydrogens (primary N) is 2. The molecule has 0 aliphatic heterocycles. The minimum atomic E-state index is -0.693. The smallest absolute Gasteiger partial charge is 0.413 e. The Labute approximate surface area is 51.8 Å². The van der Waals surface area contributed by atoms with E-state index in [2.05, 4.69) is 15.7 Å². The van der Waals surface area contributed by atoms with Crippen LogP contribution in [0.2, 0.25) is 0 Å². The third-order valence-electron chi connectivity index (χ3n) is 0.555. The number of guanidine groups is 1. The van der Waals surface area contributed by atoms with Gasteiger partial charge in [0.15, 0.2) is 0 Å². The number of nitrogens with zero attached hydrogens (tertiary/aromatic N) is 1. The molecule has 0 aromatic rings. The largest absolute Gasteiger partial charge is 0.453 e. The third-order valence-corrected chi connectivity index (χ3v) is 0.555. The fraction of sp³-hybridized carbons (Fsp3) is 0.333. The number of ether oxygens (including phenoxy) is 1. The van der Waals surface area contributed by atoms with Gasteiger partial charge < -0.3 is 16.3 Å². The lowest BCUT2D eigenvalue weighted by atomic mass is 10.9. The second-order valence-electron chi connectivity index (χ2n) is 1.13. The fourth-order valence-electron chi connectivity index (χ4n) is 0.188. The van der Waals surface area contributed by atoms with E-state index in [1.165, 1.54) is 7.11 Å². The van der Waals surface area contributed by atoms with E-state index >= 15 is 0 Å². The van der Waals surface area contributed by atoms with Crippen molar-refractivity contribution in [1.82, 2.24) is 5.32 Å². The lowest BCUT2D eigenvalue weighted by Gasteiger charge is -1.98. The molecule has 0 aliphatic carbocycles. The zero-order valence-corrected chi connectivity index (χ0v) is 4.92. The van der Waals surface area contributed by atoms with E-state index in [0.717, 1.165) is 0 Å². The van der Waals surface area contributed by atoms with Crippen molar-refractivity contribution in [3.05, 3.63) is 0 Å². The summed E-state index contributed by atoms with van der Waals surface area (Å²) in [7, 11) is 1.21. The minimum absolute atomic E-state index is 0.179. The maximum absolute atomic E-state index is 10.2. The van der Waals surface area contributed by atoms with E-state index in [0.29, 0.717) is 0 Å². The number of hydrazone groups is 1. The molecule has 1 amide bonds. The Kier molecular flexibility index (Phi) is 2.96. The standard InChI is InChI=1S/C3H8N4O2/c1-9-3(8)6-2(4)7-5/h5H2,1H3,(H3,4,6,7,8). The zero-order valence-electron chi connectivity index (χ0n) is 4.92. The number of nitrogens with one attached hydrogen (secondary N) is 1. The normalized spacial score (nSPS) is 10.6. The van der Waals surface area contributed by atoms with Crippen LogP contribution in [0.4, 0.5) is 4.79 Å². The van der Waals surface area contributed by atoms with Crippen molar-refractivity contribution in [2.45, 2.75) is 0 Å². The van der Waals surface area contributed by atoms with Crippen LogP contribution in [0.1, 0.15) is 0 Å². The average Bonchev–Trinajstić information content (AvgIpc) is 1.87. The number of alkyl carbamates (subject to hydrolysis) is 1. The highest BCUT2D eigenvalue weighted by molar-refractivity contribution is 5.92. The molecule has 0 rings (SSSR count). The molecule has 0 saturated carbocycles. The van der Waals surface area contributed by atoms with Crippen LogP contribution in [-0.4, -0.2) is 19.2 Å². The van der Waals surface area contributed by atoms with Crippen molar-refractivity contribution in [2.75, 3.05) is 7.11 Å². The summed E-state index contributed by atoms with van der Waals surface area (Å²) in [5.41, 5.74) is 4.96. The monoisotopic (exact) mass is 132 g/mol. The quantitative estimate of drug-likeness (QED) is 0.162. The van der Waals surface area contributed by atoms with Gasteiger partial charge in [-0.2, -0.15) is 0 Å². The Balaban J connectivity index is 3.60. The van der Waals surface area contributed by atoms with Crippen LogP contribution >= 0.6 is 0 Å². The van der Waals surface area contributed by atoms with E-state index < -0.39 is 6.09 Å². The van der Waals surface area contributed by atoms with Crippen molar-refractivity contribution in [1.29, 1.82) is 0 Å². The summed E-state index contributed by atoms with van der Waals surface area (Å²) >= 11 is 0. The molecule has 0 atom stereocenters. The molecule has 5 N–H and O–H groups in total. The summed E-state index contributed by atoms with van der Waals surface area (Å²) < 4.78 is 4.16. The molecule has 0 aliphatic rings. The van der Waals surface area contributed by atoms with Gasteiger partial charge in [0.1, 0.15) is 0 Å². The molecule has 0 heterocycles. The van der Waals surface area contributed by atoms with Crippen LogP contribution in [0.5, 0.6) is 0 Å². The number of rotatable bonds is 0. The van der Waals surface area contributed by atoms with Crippen molar-refractivity contribution in [3.63, 3.8) is 0 Å². The fourth-order valence-corrected chi connectivity index (χ4v) is 0.188.